The molecule has 23 heavy (non-hydrogen) atoms. The molecule has 0 aliphatic heterocycles. The van der Waals surface area contributed by atoms with Gasteiger partial charge in [0.2, 0.25) is 6.41 Å². The van der Waals surface area contributed by atoms with Gasteiger partial charge in [-0.15, -0.1) is 0 Å². The molecule has 0 spiro atoms. The van der Waals surface area contributed by atoms with Crippen LogP contribution >= 0.6 is 0 Å². The molecule has 1 amide bonds. The van der Waals surface area contributed by atoms with Crippen molar-refractivity contribution in [1.29, 1.82) is 0 Å². The van der Waals surface area contributed by atoms with Crippen LogP contribution in [0.5, 0.6) is 0 Å². The molecule has 1 aromatic carbocycles. The maximum Gasteiger partial charge on any atom is 0.207 e. The number of benzene rings is 1. The number of para-hydroxylation sites is 2. The first kappa shape index (κ1) is 17.5. The lowest BCUT2D eigenvalue weighted by Crippen LogP contribution is -2.20. The number of nitrogens with zero attached hydrogens (tertiary/aromatic N) is 2. The van der Waals surface area contributed by atoms with Crippen molar-refractivity contribution >= 4 is 17.4 Å². The van der Waals surface area contributed by atoms with Crippen LogP contribution in [0.3, 0.4) is 0 Å². The van der Waals surface area contributed by atoms with E-state index in [2.05, 4.69) is 22.9 Å². The molecule has 1 heterocycles. The molecule has 0 aliphatic carbocycles. The standard InChI is InChI=1S/C19H29N3O/c1-3-4-5-6-7-8-11-14-22-18-13-10-9-12-17(18)21-19(22)16(2)20-15-23/h9-10,12-13,15-16H,3-8,11,14H2,1-2H3,(H,20,23). The molecule has 4 heteroatoms. The van der Waals surface area contributed by atoms with Gasteiger partial charge in [-0.3, -0.25) is 4.79 Å². The van der Waals surface area contributed by atoms with Crippen LogP contribution in [-0.2, 0) is 11.3 Å². The van der Waals surface area contributed by atoms with Gasteiger partial charge in [-0.05, 0) is 25.5 Å². The van der Waals surface area contributed by atoms with E-state index in [0.717, 1.165) is 36.2 Å². The van der Waals surface area contributed by atoms with Gasteiger partial charge in [0.25, 0.3) is 0 Å². The van der Waals surface area contributed by atoms with Crippen LogP contribution in [0.2, 0.25) is 0 Å². The molecule has 0 aliphatic rings. The minimum atomic E-state index is -0.0653. The first-order valence-electron chi connectivity index (χ1n) is 8.92. The van der Waals surface area contributed by atoms with Crippen LogP contribution in [0.1, 0.15) is 70.7 Å². The maximum absolute atomic E-state index is 10.8. The van der Waals surface area contributed by atoms with E-state index in [1.54, 1.807) is 0 Å². The van der Waals surface area contributed by atoms with E-state index in [9.17, 15) is 4.79 Å². The number of carbonyl (C=O) groups excluding carboxylic acids is 1. The largest absolute Gasteiger partial charge is 0.349 e. The molecule has 2 rings (SSSR count). The first-order chi connectivity index (χ1) is 11.3. The molecule has 1 N–H and O–H groups in total. The van der Waals surface area contributed by atoms with Crippen LogP contribution in [0.4, 0.5) is 0 Å². The highest BCUT2D eigenvalue weighted by Gasteiger charge is 2.15. The summed E-state index contributed by atoms with van der Waals surface area (Å²) in [7, 11) is 0. The number of rotatable bonds is 11. The van der Waals surface area contributed by atoms with Crippen LogP contribution in [-0.4, -0.2) is 16.0 Å². The Bertz CT molecular complexity index is 606. The fourth-order valence-electron chi connectivity index (χ4n) is 3.06. The lowest BCUT2D eigenvalue weighted by Gasteiger charge is -2.14. The Morgan fingerprint density at radius 1 is 1.13 bits per heavy atom. The highest BCUT2D eigenvalue weighted by molar-refractivity contribution is 5.76. The Hall–Kier alpha value is -1.84. The van der Waals surface area contributed by atoms with Gasteiger partial charge in [0.05, 0.1) is 17.1 Å². The molecular formula is C19H29N3O. The van der Waals surface area contributed by atoms with Gasteiger partial charge in [0, 0.05) is 6.54 Å². The second-order valence-electron chi connectivity index (χ2n) is 6.24. The normalized spacial score (nSPS) is 12.4. The van der Waals surface area contributed by atoms with Crippen molar-refractivity contribution in [3.05, 3.63) is 30.1 Å². The predicted octanol–water partition coefficient (Wildman–Crippen LogP) is 4.59. The van der Waals surface area contributed by atoms with Gasteiger partial charge in [-0.1, -0.05) is 57.6 Å². The van der Waals surface area contributed by atoms with E-state index in [1.807, 2.05) is 25.1 Å². The van der Waals surface area contributed by atoms with Crippen molar-refractivity contribution in [2.75, 3.05) is 0 Å². The van der Waals surface area contributed by atoms with Gasteiger partial charge in [-0.25, -0.2) is 4.98 Å². The van der Waals surface area contributed by atoms with Crippen LogP contribution in [0.15, 0.2) is 24.3 Å². The molecule has 0 saturated carbocycles. The Labute approximate surface area is 139 Å². The molecule has 126 valence electrons. The third-order valence-electron chi connectivity index (χ3n) is 4.37. The van der Waals surface area contributed by atoms with Gasteiger partial charge in [0.1, 0.15) is 5.82 Å². The number of aromatic nitrogens is 2. The van der Waals surface area contributed by atoms with E-state index in [4.69, 9.17) is 4.98 Å². The molecule has 2 aromatic rings. The minimum Gasteiger partial charge on any atom is -0.349 e. The molecule has 0 fully saturated rings. The summed E-state index contributed by atoms with van der Waals surface area (Å²) < 4.78 is 2.27. The fourth-order valence-corrected chi connectivity index (χ4v) is 3.06. The molecule has 1 unspecified atom stereocenters. The second kappa shape index (κ2) is 9.33. The molecule has 1 atom stereocenters. The first-order valence-corrected chi connectivity index (χ1v) is 8.92. The summed E-state index contributed by atoms with van der Waals surface area (Å²) in [6.07, 6.45) is 9.83. The van der Waals surface area contributed by atoms with Gasteiger partial charge < -0.3 is 9.88 Å². The van der Waals surface area contributed by atoms with E-state index in [-0.39, 0.29) is 6.04 Å². The van der Waals surface area contributed by atoms with E-state index in [0.29, 0.717) is 0 Å². The van der Waals surface area contributed by atoms with E-state index < -0.39 is 0 Å². The number of amides is 1. The SMILES string of the molecule is CCCCCCCCCn1c(C(C)NC=O)nc2ccccc21. The summed E-state index contributed by atoms with van der Waals surface area (Å²) in [5, 5.41) is 2.82. The zero-order valence-corrected chi connectivity index (χ0v) is 14.4. The Balaban J connectivity index is 1.99. The number of aryl methyl sites for hydroxylation is 1. The summed E-state index contributed by atoms with van der Waals surface area (Å²) in [5.41, 5.74) is 2.16. The quantitative estimate of drug-likeness (QED) is 0.487. The van der Waals surface area contributed by atoms with Crippen LogP contribution in [0, 0.1) is 0 Å². The number of nitrogens with one attached hydrogen (secondary N) is 1. The van der Waals surface area contributed by atoms with Crippen LogP contribution < -0.4 is 5.32 Å². The zero-order valence-electron chi connectivity index (χ0n) is 14.4. The third kappa shape index (κ3) is 4.81. The molecule has 1 aromatic heterocycles. The fraction of sp³-hybridized carbons (Fsp3) is 0.579. The minimum absolute atomic E-state index is 0.0653. The average Bonchev–Trinajstić information content (AvgIpc) is 2.93. The smallest absolute Gasteiger partial charge is 0.207 e. The molecular weight excluding hydrogens is 286 g/mol. The van der Waals surface area contributed by atoms with Crippen molar-refractivity contribution in [3.63, 3.8) is 0 Å². The van der Waals surface area contributed by atoms with Crippen molar-refractivity contribution < 1.29 is 4.79 Å². The van der Waals surface area contributed by atoms with Crippen molar-refractivity contribution in [3.8, 4) is 0 Å². The summed E-state index contributed by atoms with van der Waals surface area (Å²) in [6.45, 7) is 5.20. The monoisotopic (exact) mass is 315 g/mol. The number of imidazole rings is 1. The molecule has 4 nitrogen and oxygen atoms in total. The molecule has 0 bridgehead atoms. The number of hydrogen-bond acceptors (Lipinski definition) is 2. The van der Waals surface area contributed by atoms with E-state index >= 15 is 0 Å². The summed E-state index contributed by atoms with van der Waals surface area (Å²) in [4.78, 5) is 15.5. The van der Waals surface area contributed by atoms with Crippen molar-refractivity contribution in [2.45, 2.75) is 71.4 Å². The predicted molar refractivity (Wildman–Crippen MR) is 95.3 cm³/mol. The average molecular weight is 315 g/mol. The summed E-state index contributed by atoms with van der Waals surface area (Å²) in [6, 6.07) is 8.14. The Kier molecular flexibility index (Phi) is 7.11. The number of hydrogen-bond donors (Lipinski definition) is 1. The number of unbranched alkanes of at least 4 members (excludes halogenated alkanes) is 6. The number of carbonyl (C=O) groups is 1. The summed E-state index contributed by atoms with van der Waals surface area (Å²) >= 11 is 0. The Morgan fingerprint density at radius 3 is 2.57 bits per heavy atom. The highest BCUT2D eigenvalue weighted by Crippen LogP contribution is 2.21. The van der Waals surface area contributed by atoms with E-state index in [1.165, 1.54) is 38.5 Å². The maximum atomic E-state index is 10.8. The van der Waals surface area contributed by atoms with Crippen molar-refractivity contribution in [1.82, 2.24) is 14.9 Å². The highest BCUT2D eigenvalue weighted by atomic mass is 16.1. The third-order valence-corrected chi connectivity index (χ3v) is 4.37. The zero-order chi connectivity index (χ0) is 16.5. The lowest BCUT2D eigenvalue weighted by molar-refractivity contribution is -0.110. The van der Waals surface area contributed by atoms with Gasteiger partial charge in [-0.2, -0.15) is 0 Å². The molecule has 0 saturated heterocycles. The topological polar surface area (TPSA) is 46.9 Å². The Morgan fingerprint density at radius 2 is 1.83 bits per heavy atom. The van der Waals surface area contributed by atoms with Gasteiger partial charge in [0.15, 0.2) is 0 Å². The summed E-state index contributed by atoms with van der Waals surface area (Å²) in [5.74, 6) is 0.948. The second-order valence-corrected chi connectivity index (χ2v) is 6.24. The molecule has 0 radical (unpaired) electrons. The van der Waals surface area contributed by atoms with Gasteiger partial charge >= 0.3 is 0 Å². The van der Waals surface area contributed by atoms with Crippen LogP contribution in [0.25, 0.3) is 11.0 Å². The van der Waals surface area contributed by atoms with Crippen molar-refractivity contribution in [2.24, 2.45) is 0 Å². The lowest BCUT2D eigenvalue weighted by atomic mass is 10.1. The number of fused-ring (bicyclic) bond motifs is 1.